The summed E-state index contributed by atoms with van der Waals surface area (Å²) in [5.74, 6) is -1.62. The summed E-state index contributed by atoms with van der Waals surface area (Å²) in [5, 5.41) is 73.1. The number of rotatable bonds is 12. The number of phosphoric acid groups is 3. The predicted molar refractivity (Wildman–Crippen MR) is 165 cm³/mol. The Hall–Kier alpha value is -3.57. The normalized spacial score (nSPS) is 27.6. The van der Waals surface area contributed by atoms with Crippen molar-refractivity contribution in [2.24, 2.45) is 14.1 Å². The molecule has 32 heteroatoms. The van der Waals surface area contributed by atoms with Crippen molar-refractivity contribution in [3.05, 3.63) is 12.7 Å². The number of aryl methyl sites for hydroxylation is 2. The van der Waals surface area contributed by atoms with Crippen molar-refractivity contribution in [2.75, 3.05) is 24.7 Å². The van der Waals surface area contributed by atoms with E-state index in [1.54, 1.807) is 22.5 Å². The summed E-state index contributed by atoms with van der Waals surface area (Å²) in [7, 11) is -14.9. The van der Waals surface area contributed by atoms with Crippen LogP contribution in [0.4, 0.5) is 11.9 Å². The Morgan fingerprint density at radius 2 is 1.12 bits per heavy atom. The van der Waals surface area contributed by atoms with E-state index in [-0.39, 0.29) is 41.7 Å². The minimum absolute atomic E-state index is 0.0801. The first kappa shape index (κ1) is 43.6. The fourth-order valence-corrected chi connectivity index (χ4v) is 8.75. The van der Waals surface area contributed by atoms with E-state index in [4.69, 9.17) is 26.0 Å². The highest BCUT2D eigenvalue weighted by Crippen LogP contribution is 2.60. The number of nitrogen functional groups attached to an aromatic ring is 2. The number of nitrogens with zero attached hydrogens (tertiary/aromatic N) is 8. The molecule has 2 aliphatic heterocycles. The Morgan fingerprint density at radius 3 is 1.54 bits per heavy atom. The third-order valence-corrected chi connectivity index (χ3v) is 11.9. The number of ether oxygens (including phenoxy) is 2. The highest BCUT2D eigenvalue weighted by Gasteiger charge is 2.45. The molecule has 9 N–H and O–H groups in total. The van der Waals surface area contributed by atoms with E-state index in [1.165, 1.54) is 22.5 Å². The fraction of sp³-hybridized carbons (Fsp3) is 0.583. The zero-order valence-corrected chi connectivity index (χ0v) is 31.3. The average molecular weight is 859 g/mol. The van der Waals surface area contributed by atoms with Crippen molar-refractivity contribution < 1.29 is 101 Å². The second kappa shape index (κ2) is 16.4. The van der Waals surface area contributed by atoms with Crippen LogP contribution in [0.1, 0.15) is 0 Å². The van der Waals surface area contributed by atoms with Gasteiger partial charge in [-0.25, -0.2) is 23.4 Å². The number of aliphatic hydroxyl groups excluding tert-OH is 5. The minimum Gasteiger partial charge on any atom is -0.856 e. The second-order valence-corrected chi connectivity index (χ2v) is 16.5. The molecule has 0 spiro atoms. The lowest BCUT2D eigenvalue weighted by molar-refractivity contribution is -0.682. The lowest BCUT2D eigenvalue weighted by Gasteiger charge is -2.37. The van der Waals surface area contributed by atoms with Gasteiger partial charge in [-0.1, -0.05) is 9.97 Å². The summed E-state index contributed by atoms with van der Waals surface area (Å²) in [6.45, 7) is -1.54. The number of aromatic nitrogens is 8. The van der Waals surface area contributed by atoms with Gasteiger partial charge in [-0.05, 0) is 0 Å². The number of nitrogens with two attached hydrogens (primary N) is 2. The van der Waals surface area contributed by atoms with Gasteiger partial charge in [-0.15, -0.1) is 0 Å². The Bertz CT molecular complexity index is 2220. The number of hydrogen-bond donors (Lipinski definition) is 7. The van der Waals surface area contributed by atoms with Gasteiger partial charge in [0.2, 0.25) is 0 Å². The van der Waals surface area contributed by atoms with Crippen LogP contribution in [-0.2, 0) is 63.5 Å². The van der Waals surface area contributed by atoms with Gasteiger partial charge < -0.3 is 85.3 Å². The monoisotopic (exact) mass is 858 g/mol. The van der Waals surface area contributed by atoms with Crippen molar-refractivity contribution in [1.82, 2.24) is 29.1 Å². The Labute approximate surface area is 312 Å². The van der Waals surface area contributed by atoms with E-state index in [9.17, 15) is 63.9 Å². The smallest absolute Gasteiger partial charge is 0.306 e. The molecule has 4 unspecified atom stereocenters. The first-order valence-electron chi connectivity index (χ1n) is 15.6. The summed E-state index contributed by atoms with van der Waals surface area (Å²) in [6, 6.07) is 0. The van der Waals surface area contributed by atoms with E-state index in [1.807, 2.05) is 0 Å². The molecule has 4 aromatic rings. The number of imidazole rings is 2. The largest absolute Gasteiger partial charge is 0.856 e. The first-order chi connectivity index (χ1) is 25.9. The Kier molecular flexibility index (Phi) is 12.7. The maximum atomic E-state index is 12.0. The van der Waals surface area contributed by atoms with Crippen molar-refractivity contribution in [2.45, 2.75) is 61.9 Å². The standard InChI is InChI=1S/C12H20N5O14P3.C12H17N5O5/c1-16-4-17(10-7(16)11(20)15-12(13)14-10)2-5-8(18)9(19)6(29-5)3-28-33(24,25)31-34(26,27)30-32(21,22)23;1-16-4-17(10-7(16)11(21)15-12(13)14-10)2-5-8(19)9(20)6(3-18)22-5/h4-6,8-9,18-19H,2-3H2,1H3,(H6-,13,14,15,20,21,22,23,24,25,26,27);4-6,8-9,18-20H,2-3H2,1H3,(H2-,13,14,15,21)/p-4/t2*5-,6+,8+,9?/m00/s1. The van der Waals surface area contributed by atoms with Gasteiger partial charge in [0.05, 0.1) is 35.1 Å². The molecule has 29 nitrogen and oxygen atoms in total. The first-order valence-corrected chi connectivity index (χ1v) is 20.0. The second-order valence-electron chi connectivity index (χ2n) is 12.2. The number of fused-ring (bicyclic) bond motifs is 2. The molecule has 6 heterocycles. The van der Waals surface area contributed by atoms with Gasteiger partial charge in [0.25, 0.3) is 27.5 Å². The van der Waals surface area contributed by atoms with E-state index in [0.29, 0.717) is 5.65 Å². The van der Waals surface area contributed by atoms with Gasteiger partial charge >= 0.3 is 11.3 Å². The molecule has 0 aromatic carbocycles. The molecule has 0 aliphatic carbocycles. The van der Waals surface area contributed by atoms with Crippen molar-refractivity contribution in [3.8, 4) is 11.8 Å². The summed E-state index contributed by atoms with van der Waals surface area (Å²) < 4.78 is 60.5. The molecule has 0 saturated carbocycles. The van der Waals surface area contributed by atoms with E-state index >= 15 is 0 Å². The van der Waals surface area contributed by atoms with Crippen LogP contribution in [0.5, 0.6) is 11.8 Å². The highest BCUT2D eigenvalue weighted by molar-refractivity contribution is 7.64. The highest BCUT2D eigenvalue weighted by atomic mass is 31.3. The fourth-order valence-electron chi connectivity index (χ4n) is 5.88. The molecule has 10 atom stereocenters. The number of phosphoric ester groups is 1. The number of hydrogen-bond acceptors (Lipinski definition) is 25. The topological polar surface area (TPSA) is 458 Å². The summed E-state index contributed by atoms with van der Waals surface area (Å²) in [6.07, 6.45) is -6.95. The third kappa shape index (κ3) is 9.75. The van der Waals surface area contributed by atoms with Crippen LogP contribution in [0.15, 0.2) is 12.7 Å². The van der Waals surface area contributed by atoms with Crippen molar-refractivity contribution in [1.29, 1.82) is 0 Å². The Balaban J connectivity index is 0.000000234. The molecule has 2 aliphatic rings. The van der Waals surface area contributed by atoms with Crippen LogP contribution >= 0.6 is 23.5 Å². The molecule has 312 valence electrons. The SMILES string of the molecule is Cn1c[n+](C[C@@H]2O[C@H](CO)C(O)[C@@H]2O)c2nc(N)nc([O-])c21.Cn1c[n+](C[C@@H]2O[C@H](COP(=O)([O-])OP(=O)([O-])OP(=O)([O-])[O-])C(O)[C@@H]2O)c2nc(N)nc([O-])c21. The molecule has 2 fully saturated rings. The van der Waals surface area contributed by atoms with E-state index in [0.717, 1.165) is 0 Å². The summed E-state index contributed by atoms with van der Waals surface area (Å²) in [5.41, 5.74) is 11.8. The van der Waals surface area contributed by atoms with Gasteiger partial charge in [-0.2, -0.15) is 0 Å². The maximum absolute atomic E-state index is 12.0. The van der Waals surface area contributed by atoms with Crippen LogP contribution in [0.25, 0.3) is 22.3 Å². The zero-order valence-electron chi connectivity index (χ0n) is 28.6. The molecule has 2 saturated heterocycles. The van der Waals surface area contributed by atoms with Gasteiger partial charge in [0.1, 0.15) is 61.9 Å². The van der Waals surface area contributed by atoms with Crippen molar-refractivity contribution >= 4 is 57.7 Å². The van der Waals surface area contributed by atoms with Crippen LogP contribution in [0.3, 0.4) is 0 Å². The van der Waals surface area contributed by atoms with Crippen LogP contribution in [-0.4, -0.2) is 117 Å². The molecule has 56 heavy (non-hydrogen) atoms. The van der Waals surface area contributed by atoms with Gasteiger partial charge in [-0.3, -0.25) is 22.6 Å². The van der Waals surface area contributed by atoms with Gasteiger partial charge in [0, 0.05) is 11.8 Å². The minimum atomic E-state index is -6.16. The quantitative estimate of drug-likeness (QED) is 0.0514. The molecular formula is C24H33N10O19P3-4. The summed E-state index contributed by atoms with van der Waals surface area (Å²) in [4.78, 5) is 58.6. The van der Waals surface area contributed by atoms with Crippen molar-refractivity contribution in [3.63, 3.8) is 0 Å². The number of anilines is 2. The maximum Gasteiger partial charge on any atom is 0.306 e. The van der Waals surface area contributed by atoms with Crippen LogP contribution < -0.4 is 50.4 Å². The van der Waals surface area contributed by atoms with Crippen LogP contribution in [0.2, 0.25) is 0 Å². The summed E-state index contributed by atoms with van der Waals surface area (Å²) >= 11 is 0. The molecular weight excluding hydrogens is 825 g/mol. The zero-order chi connectivity index (χ0) is 41.7. The number of aliphatic hydroxyl groups is 5. The molecule has 4 aromatic heterocycles. The van der Waals surface area contributed by atoms with E-state index < -0.39 is 97.3 Å². The van der Waals surface area contributed by atoms with Crippen LogP contribution in [0, 0.1) is 0 Å². The lowest BCUT2D eigenvalue weighted by Crippen LogP contribution is -2.44. The lowest BCUT2D eigenvalue weighted by atomic mass is 10.1. The predicted octanol–water partition coefficient (Wildman–Crippen LogP) is -9.39. The molecule has 0 bridgehead atoms. The Morgan fingerprint density at radius 1 is 0.714 bits per heavy atom. The van der Waals surface area contributed by atoms with Gasteiger partial charge in [0.15, 0.2) is 23.7 Å². The third-order valence-electron chi connectivity index (χ3n) is 8.23. The molecule has 0 amide bonds. The average Bonchev–Trinajstić information content (AvgIpc) is 3.72. The molecule has 6 rings (SSSR count). The van der Waals surface area contributed by atoms with E-state index in [2.05, 4.69) is 33.1 Å². The molecule has 0 radical (unpaired) electrons.